The molecule has 35 heavy (non-hydrogen) atoms. The number of carbonyl (C=O) groups excluding carboxylic acids is 1. The van der Waals surface area contributed by atoms with Crippen LogP contribution in [-0.4, -0.2) is 20.7 Å². The average molecular weight is 503 g/mol. The fourth-order valence-corrected chi connectivity index (χ4v) is 4.29. The topological polar surface area (TPSA) is 73.0 Å². The molecule has 3 aromatic carbocycles. The van der Waals surface area contributed by atoms with E-state index in [2.05, 4.69) is 15.5 Å². The standard InChI is InChI=1S/C27H20Cl2N4O2/c28-21-12-13-22(23(29)16-21)24(17-33-14-4-5-15-33)30-25(34)18-8-10-20(11-9-18)27-32-31-26(35-27)19-6-2-1-3-7-19/h1-16,24H,17H2,(H,30,34)/t24-/m1/s1. The van der Waals surface area contributed by atoms with Crippen molar-refractivity contribution in [1.82, 2.24) is 20.1 Å². The van der Waals surface area contributed by atoms with Gasteiger partial charge in [0.1, 0.15) is 0 Å². The molecule has 0 spiro atoms. The Hall–Kier alpha value is -3.87. The van der Waals surface area contributed by atoms with Crippen LogP contribution in [0.5, 0.6) is 0 Å². The molecule has 8 heteroatoms. The summed E-state index contributed by atoms with van der Waals surface area (Å²) < 4.78 is 7.79. The molecule has 0 aliphatic carbocycles. The average Bonchev–Trinajstić information content (AvgIpc) is 3.57. The second-order valence-electron chi connectivity index (χ2n) is 7.93. The summed E-state index contributed by atoms with van der Waals surface area (Å²) in [5.74, 6) is 0.597. The fraction of sp³-hybridized carbons (Fsp3) is 0.0741. The van der Waals surface area contributed by atoms with E-state index >= 15 is 0 Å². The van der Waals surface area contributed by atoms with Crippen LogP contribution in [0.4, 0.5) is 0 Å². The minimum absolute atomic E-state index is 0.227. The second kappa shape index (κ2) is 10.2. The zero-order valence-electron chi connectivity index (χ0n) is 18.4. The van der Waals surface area contributed by atoms with Crippen molar-refractivity contribution in [2.24, 2.45) is 0 Å². The lowest BCUT2D eigenvalue weighted by molar-refractivity contribution is 0.0932. The predicted molar refractivity (Wildman–Crippen MR) is 136 cm³/mol. The molecule has 0 bridgehead atoms. The van der Waals surface area contributed by atoms with Gasteiger partial charge in [0.15, 0.2) is 0 Å². The van der Waals surface area contributed by atoms with Gasteiger partial charge in [-0.05, 0) is 66.2 Å². The summed E-state index contributed by atoms with van der Waals surface area (Å²) >= 11 is 12.5. The molecule has 2 aromatic heterocycles. The SMILES string of the molecule is O=C(N[C@H](Cn1cccc1)c1ccc(Cl)cc1Cl)c1ccc(-c2nnc(-c3ccccc3)o2)cc1. The van der Waals surface area contributed by atoms with Gasteiger partial charge in [-0.1, -0.05) is 47.5 Å². The molecule has 0 fully saturated rings. The molecule has 0 aliphatic rings. The molecule has 2 heterocycles. The molecular formula is C27H20Cl2N4O2. The van der Waals surface area contributed by atoms with Gasteiger partial charge in [-0.2, -0.15) is 0 Å². The van der Waals surface area contributed by atoms with Crippen molar-refractivity contribution in [2.45, 2.75) is 12.6 Å². The van der Waals surface area contributed by atoms with Crippen molar-refractivity contribution in [1.29, 1.82) is 0 Å². The van der Waals surface area contributed by atoms with E-state index in [-0.39, 0.29) is 11.9 Å². The highest BCUT2D eigenvalue weighted by atomic mass is 35.5. The van der Waals surface area contributed by atoms with Gasteiger partial charge in [-0.25, -0.2) is 0 Å². The minimum Gasteiger partial charge on any atom is -0.416 e. The van der Waals surface area contributed by atoms with E-state index in [1.807, 2.05) is 65.5 Å². The van der Waals surface area contributed by atoms with Crippen molar-refractivity contribution in [2.75, 3.05) is 0 Å². The quantitative estimate of drug-likeness (QED) is 0.269. The number of amides is 1. The van der Waals surface area contributed by atoms with E-state index < -0.39 is 0 Å². The maximum Gasteiger partial charge on any atom is 0.251 e. The van der Waals surface area contributed by atoms with E-state index in [1.165, 1.54) is 0 Å². The number of aromatic nitrogens is 3. The Bertz CT molecular complexity index is 1430. The highest BCUT2D eigenvalue weighted by Gasteiger charge is 2.20. The molecule has 0 saturated carbocycles. The van der Waals surface area contributed by atoms with Gasteiger partial charge in [0, 0.05) is 45.7 Å². The van der Waals surface area contributed by atoms with Crippen molar-refractivity contribution in [3.63, 3.8) is 0 Å². The molecular weight excluding hydrogens is 483 g/mol. The van der Waals surface area contributed by atoms with Gasteiger partial charge < -0.3 is 14.3 Å². The third kappa shape index (κ3) is 5.29. The Kier molecular flexibility index (Phi) is 6.66. The lowest BCUT2D eigenvalue weighted by Crippen LogP contribution is -2.31. The van der Waals surface area contributed by atoms with Gasteiger partial charge >= 0.3 is 0 Å². The Morgan fingerprint density at radius 2 is 1.51 bits per heavy atom. The van der Waals surface area contributed by atoms with Gasteiger partial charge in [0.25, 0.3) is 5.91 Å². The number of hydrogen-bond donors (Lipinski definition) is 1. The molecule has 1 atom stereocenters. The Balaban J connectivity index is 1.34. The van der Waals surface area contributed by atoms with Crippen LogP contribution in [0, 0.1) is 0 Å². The monoisotopic (exact) mass is 502 g/mol. The Morgan fingerprint density at radius 3 is 2.17 bits per heavy atom. The number of benzene rings is 3. The summed E-state index contributed by atoms with van der Waals surface area (Å²) in [6.07, 6.45) is 3.87. The summed E-state index contributed by atoms with van der Waals surface area (Å²) in [6, 6.07) is 25.4. The van der Waals surface area contributed by atoms with Crippen molar-refractivity contribution < 1.29 is 9.21 Å². The summed E-state index contributed by atoms with van der Waals surface area (Å²) in [6.45, 7) is 0.516. The lowest BCUT2D eigenvalue weighted by Gasteiger charge is -2.21. The van der Waals surface area contributed by atoms with Gasteiger partial charge in [-0.3, -0.25) is 4.79 Å². The van der Waals surface area contributed by atoms with Crippen molar-refractivity contribution in [3.8, 4) is 22.9 Å². The molecule has 174 valence electrons. The summed E-state index contributed by atoms with van der Waals surface area (Å²) in [5, 5.41) is 12.4. The van der Waals surface area contributed by atoms with E-state index in [0.717, 1.165) is 16.7 Å². The molecule has 5 aromatic rings. The maximum atomic E-state index is 13.1. The molecule has 0 aliphatic heterocycles. The van der Waals surface area contributed by atoms with Gasteiger partial charge in [0.05, 0.1) is 6.04 Å². The predicted octanol–water partition coefficient (Wildman–Crippen LogP) is 6.68. The summed E-state index contributed by atoms with van der Waals surface area (Å²) in [5.41, 5.74) is 2.85. The fourth-order valence-electron chi connectivity index (χ4n) is 3.75. The van der Waals surface area contributed by atoms with E-state index in [4.69, 9.17) is 27.6 Å². The lowest BCUT2D eigenvalue weighted by atomic mass is 10.1. The highest BCUT2D eigenvalue weighted by molar-refractivity contribution is 6.35. The van der Waals surface area contributed by atoms with Crippen LogP contribution in [-0.2, 0) is 6.54 Å². The van der Waals surface area contributed by atoms with E-state index in [1.54, 1.807) is 36.4 Å². The first-order valence-corrected chi connectivity index (χ1v) is 11.7. The third-order valence-electron chi connectivity index (χ3n) is 5.54. The highest BCUT2D eigenvalue weighted by Crippen LogP contribution is 2.28. The summed E-state index contributed by atoms with van der Waals surface area (Å²) in [4.78, 5) is 13.1. The number of hydrogen-bond acceptors (Lipinski definition) is 4. The normalized spacial score (nSPS) is 11.8. The molecule has 0 radical (unpaired) electrons. The first-order valence-electron chi connectivity index (χ1n) is 10.9. The number of nitrogens with zero attached hydrogens (tertiary/aromatic N) is 3. The van der Waals surface area contributed by atoms with Crippen molar-refractivity contribution >= 4 is 29.1 Å². The number of carbonyl (C=O) groups is 1. The van der Waals surface area contributed by atoms with Crippen LogP contribution in [0.25, 0.3) is 22.9 Å². The smallest absolute Gasteiger partial charge is 0.251 e. The van der Waals surface area contributed by atoms with Crippen LogP contribution < -0.4 is 5.32 Å². The molecule has 0 saturated heterocycles. The first kappa shape index (κ1) is 22.9. The number of rotatable bonds is 7. The van der Waals surface area contributed by atoms with Gasteiger partial charge in [0.2, 0.25) is 11.8 Å². The van der Waals surface area contributed by atoms with Crippen LogP contribution in [0.2, 0.25) is 10.0 Å². The van der Waals surface area contributed by atoms with E-state index in [9.17, 15) is 4.79 Å². The second-order valence-corrected chi connectivity index (χ2v) is 8.77. The first-order chi connectivity index (χ1) is 17.1. The van der Waals surface area contributed by atoms with Crippen molar-refractivity contribution in [3.05, 3.63) is 118 Å². The van der Waals surface area contributed by atoms with Crippen LogP contribution in [0.1, 0.15) is 22.0 Å². The molecule has 5 rings (SSSR count). The number of halogens is 2. The Morgan fingerprint density at radius 1 is 0.857 bits per heavy atom. The van der Waals surface area contributed by atoms with Crippen LogP contribution in [0.15, 0.2) is 102 Å². The summed E-state index contributed by atoms with van der Waals surface area (Å²) in [7, 11) is 0. The van der Waals surface area contributed by atoms with Gasteiger partial charge in [-0.15, -0.1) is 10.2 Å². The van der Waals surface area contributed by atoms with Crippen LogP contribution >= 0.6 is 23.2 Å². The third-order valence-corrected chi connectivity index (χ3v) is 6.11. The molecule has 1 N–H and O–H groups in total. The molecule has 1 amide bonds. The zero-order valence-corrected chi connectivity index (χ0v) is 19.9. The number of nitrogens with one attached hydrogen (secondary N) is 1. The van der Waals surface area contributed by atoms with Crippen LogP contribution in [0.3, 0.4) is 0 Å². The maximum absolute atomic E-state index is 13.1. The molecule has 0 unspecified atom stereocenters. The largest absolute Gasteiger partial charge is 0.416 e. The Labute approximate surface area is 212 Å². The molecule has 6 nitrogen and oxygen atoms in total. The van der Waals surface area contributed by atoms with E-state index in [0.29, 0.717) is 33.9 Å². The zero-order chi connectivity index (χ0) is 24.2. The minimum atomic E-state index is -0.358.